The van der Waals surface area contributed by atoms with Crippen LogP contribution in [0.5, 0.6) is 0 Å². The van der Waals surface area contributed by atoms with Gasteiger partial charge in [-0.05, 0) is 0 Å². The van der Waals surface area contributed by atoms with E-state index < -0.39 is 10.1 Å². The van der Waals surface area contributed by atoms with Crippen LogP contribution in [-0.2, 0) is 21.3 Å². The van der Waals surface area contributed by atoms with Crippen molar-refractivity contribution >= 4 is 36.5 Å². The molecule has 0 aromatic heterocycles. The Morgan fingerprint density at radius 1 is 1.00 bits per heavy atom. The van der Waals surface area contributed by atoms with Gasteiger partial charge in [0.15, 0.2) is 0 Å². The van der Waals surface area contributed by atoms with Crippen molar-refractivity contribution in [2.75, 3.05) is 0 Å². The molecule has 2 aliphatic carbocycles. The number of hydrogen-bond acceptors (Lipinski definition) is 1. The number of nitrogens with one attached hydrogen (secondary N) is 1. The van der Waals surface area contributed by atoms with Gasteiger partial charge in [0.05, 0.1) is 0 Å². The zero-order chi connectivity index (χ0) is 20.3. The third-order valence-electron chi connectivity index (χ3n) is 6.63. The van der Waals surface area contributed by atoms with Gasteiger partial charge in [-0.1, -0.05) is 0 Å². The SMILES string of the molecule is [CH3][Ti]([CH3])([SiH3])([Cl])([Cl])([NH]C(=O)C1CCCCC1)[c]1cccc2c1Cc1ccccc1-2. The molecule has 0 radical (unpaired) electrons. The number of fused-ring (bicyclic) bond motifs is 3. The van der Waals surface area contributed by atoms with Crippen LogP contribution < -0.4 is 7.67 Å². The second kappa shape index (κ2) is 5.56. The first-order valence-corrected chi connectivity index (χ1v) is 25.1. The molecule has 2 nitrogen and oxygen atoms in total. The fourth-order valence-corrected chi connectivity index (χ4v) is 16.2. The number of carbonyl (C=O) groups is 1. The van der Waals surface area contributed by atoms with Gasteiger partial charge >= 0.3 is 175 Å². The maximum absolute atomic E-state index is 13.3. The van der Waals surface area contributed by atoms with Crippen LogP contribution in [0.25, 0.3) is 11.1 Å². The van der Waals surface area contributed by atoms with Crippen LogP contribution in [0.4, 0.5) is 0 Å². The van der Waals surface area contributed by atoms with E-state index in [1.54, 1.807) is 0 Å². The Labute approximate surface area is 174 Å². The number of benzene rings is 2. The minimum atomic E-state index is -5.46. The molecule has 0 unspecified atom stereocenters. The number of hydrogen-bond donors (Lipinski definition) is 1. The summed E-state index contributed by atoms with van der Waals surface area (Å²) in [5, 5.41) is 3.96. The molecule has 2 aromatic carbocycles. The number of rotatable bonds is 3. The Balaban J connectivity index is 1.83. The Bertz CT molecular complexity index is 1000. The van der Waals surface area contributed by atoms with Gasteiger partial charge in [0.25, 0.3) is 0 Å². The third kappa shape index (κ3) is 3.65. The molecular formula is C22H30Cl2NOSiTi. The van der Waals surface area contributed by atoms with Crippen molar-refractivity contribution in [3.05, 3.63) is 53.6 Å². The fourth-order valence-electron chi connectivity index (χ4n) is 5.21. The van der Waals surface area contributed by atoms with E-state index in [-0.39, 0.29) is 11.8 Å². The molecule has 1 amide bonds. The third-order valence-corrected chi connectivity index (χ3v) is 18.7. The van der Waals surface area contributed by atoms with Crippen molar-refractivity contribution in [3.63, 3.8) is 0 Å². The molecule has 0 bridgehead atoms. The molecule has 1 saturated carbocycles. The molecular weight excluding hydrogens is 441 g/mol. The van der Waals surface area contributed by atoms with Gasteiger partial charge in [-0.25, -0.2) is 0 Å². The molecule has 28 heavy (non-hydrogen) atoms. The van der Waals surface area contributed by atoms with Crippen molar-refractivity contribution in [1.82, 2.24) is 3.80 Å². The molecule has 6 heteroatoms. The van der Waals surface area contributed by atoms with Gasteiger partial charge in [-0.2, -0.15) is 0 Å². The van der Waals surface area contributed by atoms with E-state index in [4.69, 9.17) is 18.6 Å². The van der Waals surface area contributed by atoms with Crippen molar-refractivity contribution in [2.24, 2.45) is 5.92 Å². The van der Waals surface area contributed by atoms with Gasteiger partial charge < -0.3 is 0 Å². The zero-order valence-corrected chi connectivity index (χ0v) is 22.1. The van der Waals surface area contributed by atoms with E-state index in [2.05, 4.69) is 40.2 Å². The molecule has 0 heterocycles. The van der Waals surface area contributed by atoms with Crippen LogP contribution in [0, 0.1) is 5.92 Å². The average Bonchev–Trinajstić information content (AvgIpc) is 2.99. The maximum atomic E-state index is 13.3. The van der Waals surface area contributed by atoms with Crippen LogP contribution in [0.1, 0.15) is 43.2 Å². The standard InChI is InChI=1S/C13H9.C7H13NO.2CH3.2ClH.H3Si.Ti/c1-3-7-12-10(5-1)9-11-6-2-4-8-13(11)12;8-7(9)6-4-2-1-3-5-6;;;;;;/h1-5,7-8H,9H2;6H,1-5H2,(H2,8,9);2*1H3;2*1H;1H3;/q;;;;;;;+3/p-3. The topological polar surface area (TPSA) is 29.1 Å². The van der Waals surface area contributed by atoms with Crippen LogP contribution in [0.15, 0.2) is 42.5 Å². The Morgan fingerprint density at radius 3 is 2.36 bits per heavy atom. The van der Waals surface area contributed by atoms with E-state index in [1.165, 1.54) is 28.7 Å². The molecule has 1 N–H and O–H groups in total. The molecule has 2 aromatic rings. The number of amides is 1. The molecule has 0 saturated heterocycles. The first-order valence-electron chi connectivity index (χ1n) is 10.5. The Hall–Kier alpha value is -0.579. The molecule has 0 spiro atoms. The van der Waals surface area contributed by atoms with E-state index in [1.807, 2.05) is 16.5 Å². The molecule has 151 valence electrons. The van der Waals surface area contributed by atoms with E-state index in [0.29, 0.717) is 8.11 Å². The molecule has 4 rings (SSSR count). The Kier molecular flexibility index (Phi) is 4.11. The van der Waals surface area contributed by atoms with Gasteiger partial charge in [-0.3, -0.25) is 0 Å². The second-order valence-corrected chi connectivity index (χ2v) is 63.7. The van der Waals surface area contributed by atoms with Crippen LogP contribution in [-0.4, -0.2) is 14.0 Å². The van der Waals surface area contributed by atoms with Crippen LogP contribution >= 0.6 is 18.6 Å². The summed E-state index contributed by atoms with van der Waals surface area (Å²) >= 11 is 0. The van der Waals surface area contributed by atoms with Crippen molar-refractivity contribution in [1.29, 1.82) is 0 Å². The number of carbonyl (C=O) groups excluding carboxylic acids is 1. The van der Waals surface area contributed by atoms with Crippen molar-refractivity contribution in [3.8, 4) is 11.1 Å². The van der Waals surface area contributed by atoms with Gasteiger partial charge in [0, 0.05) is 0 Å². The zero-order valence-electron chi connectivity index (χ0n) is 17.0. The normalized spacial score (nSPS) is 20.9. The van der Waals surface area contributed by atoms with Crippen LogP contribution in [0.2, 0.25) is 10.5 Å². The predicted octanol–water partition coefficient (Wildman–Crippen LogP) is 4.94. The first-order chi connectivity index (χ1) is 12.8. The molecule has 1 fully saturated rings. The fraction of sp³-hybridized carbons (Fsp3) is 0.409. The summed E-state index contributed by atoms with van der Waals surface area (Å²) in [4.78, 5) is 13.3. The summed E-state index contributed by atoms with van der Waals surface area (Å²) in [5.41, 5.74) is 4.94. The summed E-state index contributed by atoms with van der Waals surface area (Å²) < 4.78 is 4.34. The van der Waals surface area contributed by atoms with E-state index in [0.717, 1.165) is 36.0 Å². The Morgan fingerprint density at radius 2 is 1.64 bits per heavy atom. The van der Waals surface area contributed by atoms with Crippen molar-refractivity contribution in [2.45, 2.75) is 49.0 Å². The van der Waals surface area contributed by atoms with Gasteiger partial charge in [0.1, 0.15) is 0 Å². The monoisotopic (exact) mass is 470 g/mol. The molecule has 0 aliphatic heterocycles. The summed E-state index contributed by atoms with van der Waals surface area (Å²) in [6.45, 7) is 0. The van der Waals surface area contributed by atoms with Gasteiger partial charge in [-0.15, -0.1) is 0 Å². The number of halogens is 2. The van der Waals surface area contributed by atoms with Gasteiger partial charge in [0.2, 0.25) is 0 Å². The first kappa shape index (κ1) is 20.7. The minimum absolute atomic E-state index is 0.0299. The van der Waals surface area contributed by atoms with Crippen molar-refractivity contribution < 1.29 is 14.9 Å². The van der Waals surface area contributed by atoms with Crippen LogP contribution in [0.3, 0.4) is 0 Å². The summed E-state index contributed by atoms with van der Waals surface area (Å²) in [7, 11) is 10.3. The summed E-state index contributed by atoms with van der Waals surface area (Å²) in [6.07, 6.45) is 6.13. The second-order valence-electron chi connectivity index (χ2n) is 11.2. The molecule has 0 atom stereocenters. The summed E-state index contributed by atoms with van der Waals surface area (Å²) in [5.74, 6) is 0.0794. The summed E-state index contributed by atoms with van der Waals surface area (Å²) in [6, 6.07) is 14.7. The quantitative estimate of drug-likeness (QED) is 0.539. The molecule has 2 aliphatic rings. The van der Waals surface area contributed by atoms with E-state index in [9.17, 15) is 4.79 Å². The predicted molar refractivity (Wildman–Crippen MR) is 122 cm³/mol. The average molecular weight is 471 g/mol. The van der Waals surface area contributed by atoms with E-state index >= 15 is 0 Å².